The highest BCUT2D eigenvalue weighted by Gasteiger charge is 2.17. The minimum atomic E-state index is -3.90. The molecule has 0 radical (unpaired) electrons. The summed E-state index contributed by atoms with van der Waals surface area (Å²) in [5.74, 6) is -0.562. The second-order valence-electron chi connectivity index (χ2n) is 3.42. The number of hydrogen-bond acceptors (Lipinski definition) is 4. The molecule has 19 heavy (non-hydrogen) atoms. The molecule has 0 amide bonds. The van der Waals surface area contributed by atoms with Gasteiger partial charge in [-0.1, -0.05) is 0 Å². The Hall–Kier alpha value is -1.25. The summed E-state index contributed by atoms with van der Waals surface area (Å²) in [5.41, 5.74) is 0.0787. The third-order valence-corrected chi connectivity index (χ3v) is 4.29. The molecule has 5 nitrogen and oxygen atoms in total. The number of sulfonamides is 1. The predicted octanol–water partition coefficient (Wildman–Crippen LogP) is 2.83. The Morgan fingerprint density at radius 1 is 1.26 bits per heavy atom. The van der Waals surface area contributed by atoms with Crippen molar-refractivity contribution in [3.8, 4) is 0 Å². The van der Waals surface area contributed by atoms with Crippen LogP contribution in [0, 0.1) is 5.82 Å². The lowest BCUT2D eigenvalue weighted by molar-refractivity contribution is 0.600. The van der Waals surface area contributed by atoms with Gasteiger partial charge in [-0.25, -0.2) is 22.8 Å². The highest BCUT2D eigenvalue weighted by molar-refractivity contribution is 9.10. The summed E-state index contributed by atoms with van der Waals surface area (Å²) in [6, 6.07) is 3.65. The molecule has 9 heteroatoms. The Morgan fingerprint density at radius 3 is 2.53 bits per heavy atom. The standard InChI is InChI=1S/C10H6BrClFN3O2S/c11-8-2-1-6(13)3-9(8)16-19(17,18)7-4-14-10(12)15-5-7/h1-5,16H. The second kappa shape index (κ2) is 5.40. The van der Waals surface area contributed by atoms with Crippen molar-refractivity contribution in [1.82, 2.24) is 9.97 Å². The molecule has 0 bridgehead atoms. The van der Waals surface area contributed by atoms with E-state index in [4.69, 9.17) is 11.6 Å². The Labute approximate surface area is 122 Å². The van der Waals surface area contributed by atoms with Crippen LogP contribution in [0.4, 0.5) is 10.1 Å². The van der Waals surface area contributed by atoms with Gasteiger partial charge in [0.05, 0.1) is 18.1 Å². The Kier molecular flexibility index (Phi) is 4.02. The first-order valence-corrected chi connectivity index (χ1v) is 7.49. The third-order valence-electron chi connectivity index (χ3n) is 2.08. The van der Waals surface area contributed by atoms with Gasteiger partial charge < -0.3 is 0 Å². The van der Waals surface area contributed by atoms with Crippen LogP contribution in [0.2, 0.25) is 5.28 Å². The summed E-state index contributed by atoms with van der Waals surface area (Å²) in [6.07, 6.45) is 2.12. The number of nitrogens with zero attached hydrogens (tertiary/aromatic N) is 2. The molecule has 1 N–H and O–H groups in total. The summed E-state index contributed by atoms with van der Waals surface area (Å²) in [7, 11) is -3.90. The lowest BCUT2D eigenvalue weighted by Gasteiger charge is -2.09. The molecule has 0 aliphatic heterocycles. The van der Waals surface area contributed by atoms with E-state index in [0.29, 0.717) is 4.47 Å². The van der Waals surface area contributed by atoms with Gasteiger partial charge >= 0.3 is 0 Å². The Balaban J connectivity index is 2.36. The quantitative estimate of drug-likeness (QED) is 0.848. The van der Waals surface area contributed by atoms with Gasteiger partial charge in [0.25, 0.3) is 10.0 Å². The van der Waals surface area contributed by atoms with Gasteiger partial charge in [0, 0.05) is 4.47 Å². The zero-order valence-electron chi connectivity index (χ0n) is 9.14. The van der Waals surface area contributed by atoms with E-state index in [1.807, 2.05) is 0 Å². The lowest BCUT2D eigenvalue weighted by Crippen LogP contribution is -2.14. The van der Waals surface area contributed by atoms with Crippen molar-refractivity contribution in [2.24, 2.45) is 0 Å². The van der Waals surface area contributed by atoms with E-state index in [1.54, 1.807) is 0 Å². The van der Waals surface area contributed by atoms with Gasteiger partial charge in [-0.05, 0) is 45.7 Å². The molecule has 2 aromatic rings. The normalized spacial score (nSPS) is 11.3. The van der Waals surface area contributed by atoms with Crippen LogP contribution >= 0.6 is 27.5 Å². The Bertz CT molecular complexity index is 709. The van der Waals surface area contributed by atoms with Crippen molar-refractivity contribution < 1.29 is 12.8 Å². The average Bonchev–Trinajstić information content (AvgIpc) is 2.34. The van der Waals surface area contributed by atoms with Gasteiger partial charge in [0.2, 0.25) is 5.28 Å². The van der Waals surface area contributed by atoms with Crippen LogP contribution in [0.15, 0.2) is 40.0 Å². The van der Waals surface area contributed by atoms with Crippen LogP contribution in [0.25, 0.3) is 0 Å². The molecule has 2 rings (SSSR count). The molecule has 0 saturated heterocycles. The van der Waals surface area contributed by atoms with Gasteiger partial charge in [0.15, 0.2) is 0 Å². The number of nitrogens with one attached hydrogen (secondary N) is 1. The summed E-state index contributed by atoms with van der Waals surface area (Å²) in [6.45, 7) is 0. The molecule has 0 saturated carbocycles. The largest absolute Gasteiger partial charge is 0.278 e. The molecule has 100 valence electrons. The molecular formula is C10H6BrClFN3O2S. The fourth-order valence-corrected chi connectivity index (χ4v) is 2.75. The summed E-state index contributed by atoms with van der Waals surface area (Å²) in [4.78, 5) is 6.98. The van der Waals surface area contributed by atoms with Gasteiger partial charge in [-0.15, -0.1) is 0 Å². The molecule has 0 unspecified atom stereocenters. The first-order chi connectivity index (χ1) is 8.88. The fourth-order valence-electron chi connectivity index (χ4n) is 1.22. The van der Waals surface area contributed by atoms with Crippen LogP contribution in [0.1, 0.15) is 0 Å². The summed E-state index contributed by atoms with van der Waals surface area (Å²) >= 11 is 8.59. The zero-order chi connectivity index (χ0) is 14.0. The number of rotatable bonds is 3. The highest BCUT2D eigenvalue weighted by atomic mass is 79.9. The molecule has 1 heterocycles. The maximum atomic E-state index is 13.1. The molecule has 1 aromatic carbocycles. The predicted molar refractivity (Wildman–Crippen MR) is 72.0 cm³/mol. The summed E-state index contributed by atoms with van der Waals surface area (Å²) < 4.78 is 39.7. The number of halogens is 3. The van der Waals surface area contributed by atoms with E-state index in [-0.39, 0.29) is 15.9 Å². The maximum absolute atomic E-state index is 13.1. The van der Waals surface area contributed by atoms with E-state index >= 15 is 0 Å². The van der Waals surface area contributed by atoms with Gasteiger partial charge in [-0.2, -0.15) is 0 Å². The smallest absolute Gasteiger partial charge is 0.265 e. The van der Waals surface area contributed by atoms with Crippen LogP contribution in [-0.4, -0.2) is 18.4 Å². The van der Waals surface area contributed by atoms with Crippen LogP contribution in [0.3, 0.4) is 0 Å². The number of benzene rings is 1. The molecule has 0 aliphatic rings. The van der Waals surface area contributed by atoms with Crippen molar-refractivity contribution in [2.75, 3.05) is 4.72 Å². The third kappa shape index (κ3) is 3.40. The maximum Gasteiger partial charge on any atom is 0.265 e. The molecule has 1 aromatic heterocycles. The van der Waals surface area contributed by atoms with Crippen LogP contribution in [-0.2, 0) is 10.0 Å². The molecule has 0 aliphatic carbocycles. The van der Waals surface area contributed by atoms with Crippen molar-refractivity contribution in [2.45, 2.75) is 4.90 Å². The van der Waals surface area contributed by atoms with Crippen LogP contribution < -0.4 is 4.72 Å². The van der Waals surface area contributed by atoms with Gasteiger partial charge in [0.1, 0.15) is 10.7 Å². The minimum absolute atomic E-state index is 0.0640. The molecule has 0 spiro atoms. The average molecular weight is 367 g/mol. The topological polar surface area (TPSA) is 72.0 Å². The second-order valence-corrected chi connectivity index (χ2v) is 6.29. The van der Waals surface area contributed by atoms with Crippen molar-refractivity contribution in [1.29, 1.82) is 0 Å². The van der Waals surface area contributed by atoms with E-state index < -0.39 is 15.8 Å². The van der Waals surface area contributed by atoms with Crippen molar-refractivity contribution >= 4 is 43.2 Å². The van der Waals surface area contributed by atoms with Crippen molar-refractivity contribution in [3.63, 3.8) is 0 Å². The lowest BCUT2D eigenvalue weighted by atomic mass is 10.3. The molecule has 0 atom stereocenters. The number of aromatic nitrogens is 2. The van der Waals surface area contributed by atoms with Crippen molar-refractivity contribution in [3.05, 3.63) is 46.2 Å². The SMILES string of the molecule is O=S(=O)(Nc1cc(F)ccc1Br)c1cnc(Cl)nc1. The monoisotopic (exact) mass is 365 g/mol. The van der Waals surface area contributed by atoms with Gasteiger partial charge in [-0.3, -0.25) is 4.72 Å². The van der Waals surface area contributed by atoms with Crippen LogP contribution in [0.5, 0.6) is 0 Å². The number of anilines is 1. The minimum Gasteiger partial charge on any atom is -0.278 e. The Morgan fingerprint density at radius 2 is 1.89 bits per heavy atom. The highest BCUT2D eigenvalue weighted by Crippen LogP contribution is 2.25. The van der Waals surface area contributed by atoms with E-state index in [1.165, 1.54) is 12.1 Å². The summed E-state index contributed by atoms with van der Waals surface area (Å²) in [5, 5.41) is -0.0640. The number of hydrogen-bond donors (Lipinski definition) is 1. The molecule has 0 fully saturated rings. The fraction of sp³-hybridized carbons (Fsp3) is 0. The molecular weight excluding hydrogens is 361 g/mol. The van der Waals surface area contributed by atoms with E-state index in [2.05, 4.69) is 30.6 Å². The zero-order valence-corrected chi connectivity index (χ0v) is 12.3. The van der Waals surface area contributed by atoms with E-state index in [9.17, 15) is 12.8 Å². The first-order valence-electron chi connectivity index (χ1n) is 4.84. The first kappa shape index (κ1) is 14.2. The van der Waals surface area contributed by atoms with E-state index in [0.717, 1.165) is 18.5 Å².